The molecule has 0 amide bonds. The van der Waals surface area contributed by atoms with E-state index in [-0.39, 0.29) is 0 Å². The second-order valence-corrected chi connectivity index (χ2v) is 3.48. The summed E-state index contributed by atoms with van der Waals surface area (Å²) in [6.45, 7) is 3.68. The van der Waals surface area contributed by atoms with Gasteiger partial charge in [-0.05, 0) is 38.5 Å². The summed E-state index contributed by atoms with van der Waals surface area (Å²) < 4.78 is 0. The molecular weight excluding hydrogens is 182 g/mol. The summed E-state index contributed by atoms with van der Waals surface area (Å²) in [5.74, 6) is 0. The second kappa shape index (κ2) is 12.7. The molecule has 0 atom stereocenters. The van der Waals surface area contributed by atoms with Crippen molar-refractivity contribution in [3.63, 3.8) is 0 Å². The van der Waals surface area contributed by atoms with E-state index in [1.165, 1.54) is 6.42 Å². The summed E-state index contributed by atoms with van der Waals surface area (Å²) in [6, 6.07) is 2.15. The van der Waals surface area contributed by atoms with Crippen LogP contribution in [0.15, 0.2) is 37.0 Å². The minimum Gasteiger partial charge on any atom is -0.198 e. The lowest BCUT2D eigenvalue weighted by Crippen LogP contribution is -1.71. The van der Waals surface area contributed by atoms with E-state index in [1.807, 2.05) is 6.08 Å². The van der Waals surface area contributed by atoms with Gasteiger partial charge in [0.05, 0.1) is 6.07 Å². The highest BCUT2D eigenvalue weighted by molar-refractivity contribution is 5.02. The zero-order valence-corrected chi connectivity index (χ0v) is 9.49. The average molecular weight is 203 g/mol. The quantitative estimate of drug-likeness (QED) is 0.306. The molecule has 1 nitrogen and oxygen atoms in total. The monoisotopic (exact) mass is 203 g/mol. The average Bonchev–Trinajstić information content (AvgIpc) is 2.26. The van der Waals surface area contributed by atoms with E-state index < -0.39 is 0 Å². The Morgan fingerprint density at radius 3 is 2.20 bits per heavy atom. The number of rotatable bonds is 9. The fourth-order valence-corrected chi connectivity index (χ4v) is 1.20. The summed E-state index contributed by atoms with van der Waals surface area (Å²) >= 11 is 0. The van der Waals surface area contributed by atoms with Crippen molar-refractivity contribution in [2.24, 2.45) is 0 Å². The smallest absolute Gasteiger partial charge is 0.0621 e. The van der Waals surface area contributed by atoms with Crippen LogP contribution in [0.25, 0.3) is 0 Å². The molecule has 0 N–H and O–H groups in total. The largest absolute Gasteiger partial charge is 0.198 e. The van der Waals surface area contributed by atoms with Gasteiger partial charge in [-0.3, -0.25) is 0 Å². The molecule has 0 unspecified atom stereocenters. The molecule has 0 saturated carbocycles. The molecule has 0 radical (unpaired) electrons. The first kappa shape index (κ1) is 13.7. The lowest BCUT2D eigenvalue weighted by molar-refractivity contribution is 0.768. The normalized spacial score (nSPS) is 10.9. The zero-order valence-electron chi connectivity index (χ0n) is 9.49. The number of nitriles is 1. The third-order valence-electron chi connectivity index (χ3n) is 2.07. The van der Waals surface area contributed by atoms with Gasteiger partial charge in [-0.1, -0.05) is 30.4 Å². The van der Waals surface area contributed by atoms with Gasteiger partial charge in [0.2, 0.25) is 0 Å². The van der Waals surface area contributed by atoms with Gasteiger partial charge in [-0.2, -0.15) is 5.26 Å². The summed E-state index contributed by atoms with van der Waals surface area (Å²) in [5, 5.41) is 8.32. The van der Waals surface area contributed by atoms with Crippen molar-refractivity contribution in [3.8, 4) is 6.07 Å². The zero-order chi connectivity index (χ0) is 11.2. The van der Waals surface area contributed by atoms with E-state index in [4.69, 9.17) is 5.26 Å². The van der Waals surface area contributed by atoms with Gasteiger partial charge in [0.1, 0.15) is 0 Å². The molecule has 0 rings (SSSR count). The highest BCUT2D eigenvalue weighted by Gasteiger charge is 1.83. The predicted molar refractivity (Wildman–Crippen MR) is 66.4 cm³/mol. The highest BCUT2D eigenvalue weighted by atomic mass is 14.2. The Hall–Kier alpha value is -1.29. The van der Waals surface area contributed by atoms with E-state index in [0.29, 0.717) is 6.42 Å². The highest BCUT2D eigenvalue weighted by Crippen LogP contribution is 2.00. The van der Waals surface area contributed by atoms with Crippen LogP contribution >= 0.6 is 0 Å². The number of unbranched alkanes of at least 4 members (excludes halogenated alkanes) is 5. The molecule has 0 spiro atoms. The minimum absolute atomic E-state index is 0.686. The molecule has 0 bridgehead atoms. The molecule has 0 aliphatic heterocycles. The fraction of sp³-hybridized carbons (Fsp3) is 0.500. The molecule has 0 aromatic rings. The van der Waals surface area contributed by atoms with Crippen LogP contribution in [-0.2, 0) is 0 Å². The van der Waals surface area contributed by atoms with Crippen molar-refractivity contribution in [2.45, 2.75) is 44.9 Å². The predicted octanol–water partition coefficient (Wildman–Crippen LogP) is 4.54. The molecule has 0 saturated heterocycles. The minimum atomic E-state index is 0.686. The number of nitrogens with zero attached hydrogens (tertiary/aromatic N) is 1. The molecule has 0 aromatic heterocycles. The van der Waals surface area contributed by atoms with E-state index >= 15 is 0 Å². The van der Waals surface area contributed by atoms with Crippen LogP contribution in [-0.4, -0.2) is 0 Å². The van der Waals surface area contributed by atoms with E-state index in [9.17, 15) is 0 Å². The van der Waals surface area contributed by atoms with Gasteiger partial charge in [0.15, 0.2) is 0 Å². The van der Waals surface area contributed by atoms with Crippen LogP contribution in [0, 0.1) is 11.3 Å². The molecule has 0 aromatic carbocycles. The molecule has 0 heterocycles. The van der Waals surface area contributed by atoms with Crippen LogP contribution in [0.2, 0.25) is 0 Å². The van der Waals surface area contributed by atoms with Crippen molar-refractivity contribution in [1.29, 1.82) is 5.26 Å². The summed E-state index contributed by atoms with van der Waals surface area (Å²) in [6.07, 6.45) is 17.8. The third kappa shape index (κ3) is 12.7. The Labute approximate surface area is 93.8 Å². The molecule has 0 aliphatic carbocycles. The summed E-state index contributed by atoms with van der Waals surface area (Å²) in [7, 11) is 0. The topological polar surface area (TPSA) is 23.8 Å². The molecule has 0 fully saturated rings. The van der Waals surface area contributed by atoms with Gasteiger partial charge in [0, 0.05) is 6.42 Å². The summed E-state index contributed by atoms with van der Waals surface area (Å²) in [4.78, 5) is 0. The first-order valence-corrected chi connectivity index (χ1v) is 5.71. The van der Waals surface area contributed by atoms with Crippen LogP contribution in [0.3, 0.4) is 0 Å². The van der Waals surface area contributed by atoms with Gasteiger partial charge >= 0.3 is 0 Å². The van der Waals surface area contributed by atoms with E-state index in [2.05, 4.69) is 37.0 Å². The van der Waals surface area contributed by atoms with Crippen molar-refractivity contribution in [3.05, 3.63) is 37.0 Å². The molecule has 82 valence electrons. The Kier molecular flexibility index (Phi) is 11.6. The Morgan fingerprint density at radius 1 is 0.933 bits per heavy atom. The maximum absolute atomic E-state index is 8.32. The second-order valence-electron chi connectivity index (χ2n) is 3.48. The fourth-order valence-electron chi connectivity index (χ4n) is 1.20. The maximum atomic E-state index is 8.32. The van der Waals surface area contributed by atoms with Crippen LogP contribution in [0.1, 0.15) is 44.9 Å². The van der Waals surface area contributed by atoms with Crippen molar-refractivity contribution in [2.75, 3.05) is 0 Å². The Balaban J connectivity index is 3.22. The van der Waals surface area contributed by atoms with Crippen molar-refractivity contribution >= 4 is 0 Å². The molecule has 15 heavy (non-hydrogen) atoms. The first-order chi connectivity index (χ1) is 7.41. The van der Waals surface area contributed by atoms with Crippen LogP contribution < -0.4 is 0 Å². The lowest BCUT2D eigenvalue weighted by Gasteiger charge is -1.89. The van der Waals surface area contributed by atoms with Crippen LogP contribution in [0.5, 0.6) is 0 Å². The standard InChI is InChI=1S/C14H21N/c1-2-3-4-5-6-7-8-9-10-11-12-13-14-15/h2,6-9H,1,3-5,10-13H2/b7-6+,9-8+. The van der Waals surface area contributed by atoms with E-state index in [1.54, 1.807) is 0 Å². The van der Waals surface area contributed by atoms with Gasteiger partial charge in [-0.25, -0.2) is 0 Å². The first-order valence-electron chi connectivity index (χ1n) is 5.71. The van der Waals surface area contributed by atoms with E-state index in [0.717, 1.165) is 32.1 Å². The van der Waals surface area contributed by atoms with Gasteiger partial charge < -0.3 is 0 Å². The molecule has 1 heteroatoms. The van der Waals surface area contributed by atoms with Crippen molar-refractivity contribution < 1.29 is 0 Å². The summed E-state index contributed by atoms with van der Waals surface area (Å²) in [5.41, 5.74) is 0. The number of hydrogen-bond donors (Lipinski definition) is 0. The maximum Gasteiger partial charge on any atom is 0.0621 e. The van der Waals surface area contributed by atoms with Crippen LogP contribution in [0.4, 0.5) is 0 Å². The lowest BCUT2D eigenvalue weighted by atomic mass is 10.2. The molecule has 0 aliphatic rings. The Morgan fingerprint density at radius 2 is 1.60 bits per heavy atom. The Bertz CT molecular complexity index is 230. The SMILES string of the molecule is C=CCCC/C=C/C=C/CCCCC#N. The molecular formula is C14H21N. The number of hydrogen-bond acceptors (Lipinski definition) is 1. The van der Waals surface area contributed by atoms with Gasteiger partial charge in [0.25, 0.3) is 0 Å². The third-order valence-corrected chi connectivity index (χ3v) is 2.07. The number of allylic oxidation sites excluding steroid dienone is 5. The van der Waals surface area contributed by atoms with Gasteiger partial charge in [-0.15, -0.1) is 6.58 Å². The van der Waals surface area contributed by atoms with Crippen molar-refractivity contribution in [1.82, 2.24) is 0 Å².